The molecule has 2 aromatic carbocycles. The maximum Gasteiger partial charge on any atom is 0.416 e. The van der Waals surface area contributed by atoms with E-state index in [2.05, 4.69) is 28.4 Å². The molecule has 3 heterocycles. The topological polar surface area (TPSA) is 50.2 Å². The van der Waals surface area contributed by atoms with Crippen LogP contribution in [0.2, 0.25) is 0 Å². The summed E-state index contributed by atoms with van der Waals surface area (Å²) in [5.41, 5.74) is 2.98. The van der Waals surface area contributed by atoms with Crippen molar-refractivity contribution in [3.05, 3.63) is 76.2 Å². The van der Waals surface area contributed by atoms with E-state index >= 15 is 0 Å². The lowest BCUT2D eigenvalue weighted by atomic mass is 9.90. The second kappa shape index (κ2) is 7.23. The first-order valence-corrected chi connectivity index (χ1v) is 10.2. The lowest BCUT2D eigenvalue weighted by Gasteiger charge is -2.31. The van der Waals surface area contributed by atoms with E-state index < -0.39 is 11.7 Å². The number of hydrogen-bond acceptors (Lipinski definition) is 4. The van der Waals surface area contributed by atoms with Crippen molar-refractivity contribution in [2.45, 2.75) is 24.6 Å². The van der Waals surface area contributed by atoms with E-state index in [0.29, 0.717) is 28.8 Å². The molecule has 2 atom stereocenters. The number of aromatic nitrogens is 2. The molecule has 0 radical (unpaired) electrons. The molecule has 31 heavy (non-hydrogen) atoms. The van der Waals surface area contributed by atoms with Crippen LogP contribution >= 0.6 is 0 Å². The monoisotopic (exact) mass is 426 g/mol. The molecule has 3 aromatic rings. The highest BCUT2D eigenvalue weighted by atomic mass is 19.4. The predicted molar refractivity (Wildman–Crippen MR) is 113 cm³/mol. The lowest BCUT2D eigenvalue weighted by molar-refractivity contribution is -0.137. The number of hydrogen-bond donors (Lipinski definition) is 1. The zero-order chi connectivity index (χ0) is 21.8. The van der Waals surface area contributed by atoms with Crippen molar-refractivity contribution >= 4 is 5.69 Å². The minimum Gasteiger partial charge on any atom is -0.371 e. The van der Waals surface area contributed by atoms with Crippen molar-refractivity contribution in [3.63, 3.8) is 0 Å². The van der Waals surface area contributed by atoms with Gasteiger partial charge in [0.15, 0.2) is 0 Å². The van der Waals surface area contributed by atoms with Crippen LogP contribution in [0.25, 0.3) is 16.8 Å². The van der Waals surface area contributed by atoms with Gasteiger partial charge >= 0.3 is 6.18 Å². The summed E-state index contributed by atoms with van der Waals surface area (Å²) in [5, 5.41) is 7.74. The second-order valence-electron chi connectivity index (χ2n) is 8.09. The Labute approximate surface area is 177 Å². The first-order chi connectivity index (χ1) is 14.8. The van der Waals surface area contributed by atoms with Crippen LogP contribution in [-0.4, -0.2) is 36.0 Å². The summed E-state index contributed by atoms with van der Waals surface area (Å²) in [6, 6.07) is 12.5. The Bertz CT molecular complexity index is 1190. The van der Waals surface area contributed by atoms with Crippen LogP contribution in [0.1, 0.15) is 23.5 Å². The molecule has 0 bridgehead atoms. The number of alkyl halides is 3. The smallest absolute Gasteiger partial charge is 0.371 e. The third-order valence-electron chi connectivity index (χ3n) is 6.33. The van der Waals surface area contributed by atoms with Crippen molar-refractivity contribution in [2.24, 2.45) is 0 Å². The van der Waals surface area contributed by atoms with Gasteiger partial charge in [-0.3, -0.25) is 4.79 Å². The van der Waals surface area contributed by atoms with Crippen LogP contribution in [0, 0.1) is 0 Å². The molecule has 1 saturated heterocycles. The van der Waals surface area contributed by atoms with Gasteiger partial charge in [0.25, 0.3) is 5.56 Å². The fraction of sp³-hybridized carbons (Fsp3) is 0.304. The zero-order valence-electron chi connectivity index (χ0n) is 16.9. The van der Waals surface area contributed by atoms with Crippen LogP contribution in [0.4, 0.5) is 18.9 Å². The van der Waals surface area contributed by atoms with Crippen molar-refractivity contribution in [3.8, 4) is 16.8 Å². The summed E-state index contributed by atoms with van der Waals surface area (Å²) in [7, 11) is 2.09. The average Bonchev–Trinajstić information content (AvgIpc) is 3.05. The molecule has 0 amide bonds. The first kappa shape index (κ1) is 19.8. The van der Waals surface area contributed by atoms with Crippen molar-refractivity contribution in [1.29, 1.82) is 0 Å². The first-order valence-electron chi connectivity index (χ1n) is 10.2. The molecule has 2 aliphatic rings. The van der Waals surface area contributed by atoms with E-state index in [-0.39, 0.29) is 5.56 Å². The maximum absolute atomic E-state index is 12.8. The van der Waals surface area contributed by atoms with Crippen molar-refractivity contribution in [2.75, 3.05) is 25.0 Å². The molecule has 1 N–H and O–H groups in total. The third kappa shape index (κ3) is 3.40. The zero-order valence-corrected chi connectivity index (χ0v) is 16.9. The number of likely N-dealkylation sites (N-methyl/N-ethyl adjacent to an activating group) is 1. The highest BCUT2D eigenvalue weighted by molar-refractivity contribution is 5.66. The van der Waals surface area contributed by atoms with Gasteiger partial charge in [-0.05, 0) is 48.4 Å². The minimum atomic E-state index is -4.39. The van der Waals surface area contributed by atoms with Gasteiger partial charge in [-0.2, -0.15) is 23.0 Å². The van der Waals surface area contributed by atoms with Crippen LogP contribution in [0.15, 0.2) is 59.5 Å². The number of nitrogens with zero attached hydrogens (tertiary/aromatic N) is 3. The van der Waals surface area contributed by atoms with E-state index in [1.165, 1.54) is 34.6 Å². The molecule has 8 heteroatoms. The van der Waals surface area contributed by atoms with E-state index in [1.807, 2.05) is 12.1 Å². The summed E-state index contributed by atoms with van der Waals surface area (Å²) in [6.45, 7) is 1.94. The maximum atomic E-state index is 12.8. The predicted octanol–water partition coefficient (Wildman–Crippen LogP) is 3.81. The molecule has 5 rings (SSSR count). The molecule has 160 valence electrons. The average molecular weight is 426 g/mol. The fourth-order valence-electron chi connectivity index (χ4n) is 4.70. The Hall–Kier alpha value is -3.13. The van der Waals surface area contributed by atoms with Gasteiger partial charge in [-0.1, -0.05) is 18.2 Å². The van der Waals surface area contributed by atoms with Gasteiger partial charge < -0.3 is 10.2 Å². The Morgan fingerprint density at radius 2 is 1.84 bits per heavy atom. The molecular formula is C23H21F3N4O. The van der Waals surface area contributed by atoms with E-state index in [1.54, 1.807) is 0 Å². The number of piperidine rings is 1. The minimum absolute atomic E-state index is 0.336. The lowest BCUT2D eigenvalue weighted by Crippen LogP contribution is -2.42. The summed E-state index contributed by atoms with van der Waals surface area (Å²) in [5.74, 6) is 0.439. The Morgan fingerprint density at radius 1 is 1.06 bits per heavy atom. The number of benzene rings is 2. The number of halogens is 3. The molecule has 5 nitrogen and oxygen atoms in total. The second-order valence-corrected chi connectivity index (χ2v) is 8.09. The van der Waals surface area contributed by atoms with Crippen LogP contribution in [-0.2, 0) is 6.18 Å². The summed E-state index contributed by atoms with van der Waals surface area (Å²) < 4.78 is 39.6. The Balaban J connectivity index is 1.46. The molecular weight excluding hydrogens is 405 g/mol. The largest absolute Gasteiger partial charge is 0.416 e. The van der Waals surface area contributed by atoms with Gasteiger partial charge in [-0.25, -0.2) is 0 Å². The molecule has 2 aliphatic heterocycles. The van der Waals surface area contributed by atoms with Crippen molar-refractivity contribution < 1.29 is 13.2 Å². The Kier molecular flexibility index (Phi) is 4.62. The molecule has 1 fully saturated rings. The van der Waals surface area contributed by atoms with Crippen LogP contribution in [0.3, 0.4) is 0 Å². The molecule has 0 aliphatic carbocycles. The SMILES string of the molecule is CN1c2cc(-n3ncc(-c4ccc(C(F)(F)F)cc4)cc3=O)ccc2C2CNCCC21. The standard InChI is InChI=1S/C23H21F3N4O/c1-29-20-8-9-27-13-19(20)18-7-6-17(11-21(18)29)30-22(31)10-15(12-28-30)14-2-4-16(5-3-14)23(24,25)26/h2-7,10-12,19-20,27H,8-9,13H2,1H3. The summed E-state index contributed by atoms with van der Waals surface area (Å²) in [6.07, 6.45) is -1.82. The Morgan fingerprint density at radius 3 is 2.55 bits per heavy atom. The molecule has 0 saturated carbocycles. The molecule has 1 aromatic heterocycles. The molecule has 0 spiro atoms. The normalized spacial score (nSPS) is 20.5. The fourth-order valence-corrected chi connectivity index (χ4v) is 4.70. The number of rotatable bonds is 2. The van der Waals surface area contributed by atoms with Gasteiger partial charge in [0.2, 0.25) is 0 Å². The quantitative estimate of drug-likeness (QED) is 0.677. The van der Waals surface area contributed by atoms with Gasteiger partial charge in [0.1, 0.15) is 0 Å². The van der Waals surface area contributed by atoms with Gasteiger partial charge in [0, 0.05) is 42.9 Å². The van der Waals surface area contributed by atoms with E-state index in [9.17, 15) is 18.0 Å². The third-order valence-corrected chi connectivity index (χ3v) is 6.33. The van der Waals surface area contributed by atoms with Crippen molar-refractivity contribution in [1.82, 2.24) is 15.1 Å². The highest BCUT2D eigenvalue weighted by Crippen LogP contribution is 2.43. The number of nitrogens with one attached hydrogen (secondary N) is 1. The number of fused-ring (bicyclic) bond motifs is 3. The highest BCUT2D eigenvalue weighted by Gasteiger charge is 2.38. The number of anilines is 1. The summed E-state index contributed by atoms with van der Waals surface area (Å²) in [4.78, 5) is 15.1. The van der Waals surface area contributed by atoms with Crippen LogP contribution in [0.5, 0.6) is 0 Å². The van der Waals surface area contributed by atoms with Gasteiger partial charge in [0.05, 0.1) is 17.4 Å². The van der Waals surface area contributed by atoms with E-state index in [4.69, 9.17) is 0 Å². The summed E-state index contributed by atoms with van der Waals surface area (Å²) >= 11 is 0. The van der Waals surface area contributed by atoms with Crippen LogP contribution < -0.4 is 15.8 Å². The molecule has 2 unspecified atom stereocenters. The van der Waals surface area contributed by atoms with Gasteiger partial charge in [-0.15, -0.1) is 0 Å². The van der Waals surface area contributed by atoms with E-state index in [0.717, 1.165) is 37.3 Å².